The van der Waals surface area contributed by atoms with Crippen LogP contribution < -0.4 is 0 Å². The topological polar surface area (TPSA) is 88.1 Å². The van der Waals surface area contributed by atoms with Crippen LogP contribution in [0.3, 0.4) is 0 Å². The van der Waals surface area contributed by atoms with E-state index < -0.39 is 9.84 Å². The van der Waals surface area contributed by atoms with Crippen molar-refractivity contribution < 1.29 is 8.42 Å². The third kappa shape index (κ3) is 2.84. The monoisotopic (exact) mass is 366 g/mol. The molecule has 0 bridgehead atoms. The number of sulfone groups is 1. The van der Waals surface area contributed by atoms with E-state index in [4.69, 9.17) is 4.99 Å². The van der Waals surface area contributed by atoms with Gasteiger partial charge in [0.1, 0.15) is 5.69 Å². The molecule has 3 aromatic rings. The molecule has 0 unspecified atom stereocenters. The second kappa shape index (κ2) is 6.17. The van der Waals surface area contributed by atoms with E-state index in [9.17, 15) is 8.42 Å². The van der Waals surface area contributed by atoms with Gasteiger partial charge in [-0.1, -0.05) is 19.1 Å². The van der Waals surface area contributed by atoms with Gasteiger partial charge < -0.3 is 0 Å². The fourth-order valence-electron chi connectivity index (χ4n) is 3.06. The van der Waals surface area contributed by atoms with E-state index >= 15 is 0 Å². The lowest BCUT2D eigenvalue weighted by Crippen LogP contribution is -2.03. The zero-order chi connectivity index (χ0) is 18.3. The third-order valence-corrected chi connectivity index (χ3v) is 6.22. The Morgan fingerprint density at radius 2 is 2.04 bits per heavy atom. The molecule has 4 rings (SSSR count). The van der Waals surface area contributed by atoms with E-state index in [1.54, 1.807) is 31.3 Å². The molecule has 0 saturated carbocycles. The first-order valence-electron chi connectivity index (χ1n) is 8.38. The molecule has 1 N–H and O–H groups in total. The van der Waals surface area contributed by atoms with Crippen molar-refractivity contribution >= 4 is 21.2 Å². The normalized spacial score (nSPS) is 13.5. The maximum Gasteiger partial charge on any atom is 0.178 e. The van der Waals surface area contributed by atoms with Gasteiger partial charge in [0.2, 0.25) is 0 Å². The molecular weight excluding hydrogens is 348 g/mol. The molecule has 0 saturated heterocycles. The van der Waals surface area contributed by atoms with Gasteiger partial charge in [-0.05, 0) is 30.7 Å². The molecule has 2 aromatic heterocycles. The molecule has 1 aromatic carbocycles. The number of aromatic amines is 1. The lowest BCUT2D eigenvalue weighted by molar-refractivity contribution is 0.597. The van der Waals surface area contributed by atoms with Crippen LogP contribution in [0.25, 0.3) is 11.1 Å². The van der Waals surface area contributed by atoms with Crippen molar-refractivity contribution in [3.05, 3.63) is 59.7 Å². The number of benzene rings is 1. The third-order valence-electron chi connectivity index (χ3n) is 4.48. The maximum atomic E-state index is 12.2. The number of aromatic nitrogens is 3. The van der Waals surface area contributed by atoms with Gasteiger partial charge in [-0.2, -0.15) is 5.10 Å². The number of nitrogens with zero attached hydrogens (tertiary/aromatic N) is 3. The molecule has 26 heavy (non-hydrogen) atoms. The minimum Gasteiger partial charge on any atom is -0.282 e. The Morgan fingerprint density at radius 3 is 2.77 bits per heavy atom. The van der Waals surface area contributed by atoms with Crippen LogP contribution in [-0.4, -0.2) is 35.1 Å². The first kappa shape index (κ1) is 16.7. The summed E-state index contributed by atoms with van der Waals surface area (Å²) >= 11 is 0. The van der Waals surface area contributed by atoms with E-state index in [1.807, 2.05) is 25.3 Å². The Labute approximate surface area is 152 Å². The fraction of sp³-hybridized carbons (Fsp3) is 0.211. The van der Waals surface area contributed by atoms with Gasteiger partial charge in [0.05, 0.1) is 22.0 Å². The average Bonchev–Trinajstić information content (AvgIpc) is 3.27. The summed E-state index contributed by atoms with van der Waals surface area (Å²) < 4.78 is 24.4. The number of H-pyrrole nitrogens is 1. The van der Waals surface area contributed by atoms with Gasteiger partial charge in [0, 0.05) is 35.6 Å². The van der Waals surface area contributed by atoms with E-state index in [0.29, 0.717) is 11.3 Å². The van der Waals surface area contributed by atoms with Crippen molar-refractivity contribution in [2.45, 2.75) is 25.2 Å². The van der Waals surface area contributed by atoms with Crippen LogP contribution in [-0.2, 0) is 16.3 Å². The molecule has 7 heteroatoms. The molecular formula is C19H18N4O2S. The minimum atomic E-state index is -3.26. The quantitative estimate of drug-likeness (QED) is 0.768. The highest BCUT2D eigenvalue weighted by Crippen LogP contribution is 2.38. The Kier molecular flexibility index (Phi) is 3.96. The summed E-state index contributed by atoms with van der Waals surface area (Å²) in [6, 6.07) is 8.93. The van der Waals surface area contributed by atoms with Crippen molar-refractivity contribution in [1.29, 1.82) is 0 Å². The number of hydrogen-bond donors (Lipinski definition) is 1. The van der Waals surface area contributed by atoms with Crippen molar-refractivity contribution in [3.8, 4) is 11.1 Å². The Hall–Kier alpha value is -2.80. The summed E-state index contributed by atoms with van der Waals surface area (Å²) in [6.45, 7) is 3.60. The maximum absolute atomic E-state index is 12.2. The van der Waals surface area contributed by atoms with Gasteiger partial charge in [0.15, 0.2) is 9.84 Å². The number of aliphatic imine (C=N–C) groups is 1. The van der Waals surface area contributed by atoms with Gasteiger partial charge in [-0.25, -0.2) is 13.4 Å². The summed E-state index contributed by atoms with van der Waals surface area (Å²) in [6.07, 6.45) is 4.20. The van der Waals surface area contributed by atoms with Gasteiger partial charge >= 0.3 is 0 Å². The molecule has 132 valence electrons. The summed E-state index contributed by atoms with van der Waals surface area (Å²) in [5, 5.41) is 7.22. The largest absolute Gasteiger partial charge is 0.282 e. The highest BCUT2D eigenvalue weighted by atomic mass is 32.2. The standard InChI is InChI=1S/C19H18N4O2S/c1-3-26(24,25)15-6-4-5-13(8-15)16-11-20-10-14-9-17(21-19(14)16)18-7-12(2)22-23-18/h4-8,10-11H,3,9H2,1-2H3,(H,22,23). The molecule has 0 fully saturated rings. The van der Waals surface area contributed by atoms with Crippen molar-refractivity contribution in [1.82, 2.24) is 15.2 Å². The summed E-state index contributed by atoms with van der Waals surface area (Å²) in [5.74, 6) is 0.0718. The molecule has 6 nitrogen and oxygen atoms in total. The summed E-state index contributed by atoms with van der Waals surface area (Å²) in [7, 11) is -3.26. The van der Waals surface area contributed by atoms with E-state index in [0.717, 1.165) is 39.5 Å². The van der Waals surface area contributed by atoms with Crippen LogP contribution in [0.15, 0.2) is 52.6 Å². The average molecular weight is 366 g/mol. The zero-order valence-corrected chi connectivity index (χ0v) is 15.3. The van der Waals surface area contributed by atoms with E-state index in [2.05, 4.69) is 15.2 Å². The Balaban J connectivity index is 1.81. The van der Waals surface area contributed by atoms with Gasteiger partial charge in [0.25, 0.3) is 0 Å². The van der Waals surface area contributed by atoms with Crippen LogP contribution in [0.4, 0.5) is 5.69 Å². The predicted octanol–water partition coefficient (Wildman–Crippen LogP) is 3.25. The summed E-state index contributed by atoms with van der Waals surface area (Å²) in [4.78, 5) is 9.41. The minimum absolute atomic E-state index is 0.0718. The van der Waals surface area contributed by atoms with Crippen LogP contribution in [0, 0.1) is 6.92 Å². The highest BCUT2D eigenvalue weighted by Gasteiger charge is 2.22. The number of nitrogens with one attached hydrogen (secondary N) is 1. The number of pyridine rings is 1. The lowest BCUT2D eigenvalue weighted by Gasteiger charge is -2.08. The SMILES string of the molecule is CCS(=O)(=O)c1cccc(-c2cncc3c2N=C(c2cc(C)[nH]n2)C3)c1. The van der Waals surface area contributed by atoms with E-state index in [1.165, 1.54) is 0 Å². The van der Waals surface area contributed by atoms with Crippen LogP contribution in [0.1, 0.15) is 23.9 Å². The molecule has 1 aliphatic rings. The number of aryl methyl sites for hydroxylation is 1. The van der Waals surface area contributed by atoms with Crippen LogP contribution in [0.5, 0.6) is 0 Å². The second-order valence-corrected chi connectivity index (χ2v) is 8.58. The molecule has 1 aliphatic heterocycles. The first-order chi connectivity index (χ1) is 12.5. The molecule has 0 amide bonds. The van der Waals surface area contributed by atoms with Crippen LogP contribution in [0.2, 0.25) is 0 Å². The fourth-order valence-corrected chi connectivity index (χ4v) is 3.99. The van der Waals surface area contributed by atoms with Crippen molar-refractivity contribution in [2.75, 3.05) is 5.75 Å². The molecule has 3 heterocycles. The number of hydrogen-bond acceptors (Lipinski definition) is 5. The van der Waals surface area contributed by atoms with Crippen molar-refractivity contribution in [2.24, 2.45) is 4.99 Å². The Bertz CT molecular complexity index is 1130. The van der Waals surface area contributed by atoms with Gasteiger partial charge in [-0.15, -0.1) is 0 Å². The zero-order valence-electron chi connectivity index (χ0n) is 14.5. The molecule has 0 atom stereocenters. The Morgan fingerprint density at radius 1 is 1.19 bits per heavy atom. The van der Waals surface area contributed by atoms with Gasteiger partial charge in [-0.3, -0.25) is 10.1 Å². The first-order valence-corrected chi connectivity index (χ1v) is 10.0. The predicted molar refractivity (Wildman–Crippen MR) is 101 cm³/mol. The smallest absolute Gasteiger partial charge is 0.178 e. The molecule has 0 radical (unpaired) electrons. The lowest BCUT2D eigenvalue weighted by atomic mass is 10.0. The van der Waals surface area contributed by atoms with Crippen LogP contribution >= 0.6 is 0 Å². The number of rotatable bonds is 4. The second-order valence-electron chi connectivity index (χ2n) is 6.30. The highest BCUT2D eigenvalue weighted by molar-refractivity contribution is 7.91. The summed E-state index contributed by atoms with van der Waals surface area (Å²) in [5.41, 5.74) is 6.17. The van der Waals surface area contributed by atoms with E-state index in [-0.39, 0.29) is 5.75 Å². The van der Waals surface area contributed by atoms with Crippen molar-refractivity contribution in [3.63, 3.8) is 0 Å². The molecule has 0 spiro atoms. The molecule has 0 aliphatic carbocycles. The number of fused-ring (bicyclic) bond motifs is 1.